The fraction of sp³-hybridized carbons (Fsp3) is 0.632. The number of carbonyl (C=O) groups is 1. The molecule has 1 aromatic carbocycles. The number of benzene rings is 1. The smallest absolute Gasteiger partial charge is 0.233 e. The summed E-state index contributed by atoms with van der Waals surface area (Å²) in [5.74, 6) is 0.709. The van der Waals surface area contributed by atoms with Gasteiger partial charge in [0.05, 0.1) is 5.41 Å². The number of hydrogen-bond donors (Lipinski definition) is 1. The van der Waals surface area contributed by atoms with Crippen LogP contribution in [0.2, 0.25) is 0 Å². The summed E-state index contributed by atoms with van der Waals surface area (Å²) in [5.41, 5.74) is 0.586. The maximum Gasteiger partial charge on any atom is 0.233 e. The van der Waals surface area contributed by atoms with Crippen LogP contribution >= 0.6 is 0 Å². The van der Waals surface area contributed by atoms with E-state index in [1.807, 2.05) is 19.2 Å². The summed E-state index contributed by atoms with van der Waals surface area (Å²) in [4.78, 5) is 15.3. The second-order valence-electron chi connectivity index (χ2n) is 7.09. The fourth-order valence-electron chi connectivity index (χ4n) is 4.31. The highest BCUT2D eigenvalue weighted by Crippen LogP contribution is 2.43. The molecule has 0 aromatic heterocycles. The van der Waals surface area contributed by atoms with Gasteiger partial charge >= 0.3 is 0 Å². The van der Waals surface area contributed by atoms with E-state index in [1.54, 1.807) is 0 Å². The van der Waals surface area contributed by atoms with Gasteiger partial charge in [0.25, 0.3) is 0 Å². The van der Waals surface area contributed by atoms with E-state index in [9.17, 15) is 9.18 Å². The van der Waals surface area contributed by atoms with E-state index >= 15 is 0 Å². The van der Waals surface area contributed by atoms with Crippen molar-refractivity contribution in [2.24, 2.45) is 5.92 Å². The number of likely N-dealkylation sites (tertiary alicyclic amines) is 1. The zero-order valence-electron chi connectivity index (χ0n) is 14.0. The van der Waals surface area contributed by atoms with Crippen molar-refractivity contribution in [1.82, 2.24) is 10.2 Å². The van der Waals surface area contributed by atoms with E-state index in [0.717, 1.165) is 63.7 Å². The number of rotatable bonds is 4. The quantitative estimate of drug-likeness (QED) is 0.925. The van der Waals surface area contributed by atoms with Crippen LogP contribution in [-0.4, -0.2) is 37.5 Å². The fourth-order valence-corrected chi connectivity index (χ4v) is 4.31. The topological polar surface area (TPSA) is 32.3 Å². The highest BCUT2D eigenvalue weighted by atomic mass is 19.1. The highest BCUT2D eigenvalue weighted by molar-refractivity contribution is 5.88. The first-order valence-electron chi connectivity index (χ1n) is 8.86. The first-order chi connectivity index (χ1) is 11.2. The van der Waals surface area contributed by atoms with Crippen LogP contribution in [0.25, 0.3) is 0 Å². The number of nitrogens with one attached hydrogen (secondary N) is 1. The Hall–Kier alpha value is -1.42. The Morgan fingerprint density at radius 3 is 2.39 bits per heavy atom. The number of nitrogens with zero attached hydrogens (tertiary/aromatic N) is 1. The van der Waals surface area contributed by atoms with Gasteiger partial charge in [-0.2, -0.15) is 0 Å². The van der Waals surface area contributed by atoms with E-state index in [0.29, 0.717) is 5.92 Å². The molecule has 2 aliphatic rings. The summed E-state index contributed by atoms with van der Waals surface area (Å²) in [5, 5.41) is 3.24. The zero-order valence-corrected chi connectivity index (χ0v) is 14.0. The van der Waals surface area contributed by atoms with Gasteiger partial charge in [0.2, 0.25) is 5.91 Å². The van der Waals surface area contributed by atoms with Crippen LogP contribution in [0.1, 0.15) is 44.1 Å². The minimum atomic E-state index is -0.413. The molecule has 1 saturated carbocycles. The molecular formula is C19H27FN2O. The van der Waals surface area contributed by atoms with Crippen LogP contribution in [0.15, 0.2) is 24.3 Å². The molecule has 1 N–H and O–H groups in total. The molecule has 1 aliphatic carbocycles. The van der Waals surface area contributed by atoms with Crippen molar-refractivity contribution in [2.75, 3.05) is 26.7 Å². The lowest BCUT2D eigenvalue weighted by molar-refractivity contribution is -0.138. The Labute approximate surface area is 138 Å². The van der Waals surface area contributed by atoms with Crippen molar-refractivity contribution < 1.29 is 9.18 Å². The maximum absolute atomic E-state index is 13.3. The molecular weight excluding hydrogens is 291 g/mol. The molecule has 126 valence electrons. The monoisotopic (exact) mass is 318 g/mol. The Balaban J connectivity index is 1.76. The first kappa shape index (κ1) is 16.4. The Kier molecular flexibility index (Phi) is 5.00. The summed E-state index contributed by atoms with van der Waals surface area (Å²) < 4.78 is 13.3. The predicted octanol–water partition coefficient (Wildman–Crippen LogP) is 3.10. The number of amides is 1. The molecule has 23 heavy (non-hydrogen) atoms. The molecule has 1 saturated heterocycles. The summed E-state index contributed by atoms with van der Waals surface area (Å²) in [6.45, 7) is 2.74. The largest absolute Gasteiger partial charge is 0.342 e. The number of piperidine rings is 1. The van der Waals surface area contributed by atoms with Crippen molar-refractivity contribution in [3.05, 3.63) is 35.6 Å². The first-order valence-corrected chi connectivity index (χ1v) is 8.86. The molecule has 0 spiro atoms. The normalized spacial score (nSPS) is 21.6. The lowest BCUT2D eigenvalue weighted by Gasteiger charge is -2.39. The SMILES string of the molecule is CNCC1CCN(C(=O)C2(c3ccc(F)cc3)CCCC2)CC1. The van der Waals surface area contributed by atoms with Crippen LogP contribution in [0, 0.1) is 11.7 Å². The van der Waals surface area contributed by atoms with Crippen molar-refractivity contribution in [2.45, 2.75) is 43.9 Å². The summed E-state index contributed by atoms with van der Waals surface area (Å²) in [6, 6.07) is 6.60. The summed E-state index contributed by atoms with van der Waals surface area (Å²) in [6.07, 6.45) is 6.11. The van der Waals surface area contributed by atoms with Crippen molar-refractivity contribution in [3.8, 4) is 0 Å². The van der Waals surface area contributed by atoms with Crippen molar-refractivity contribution >= 4 is 5.91 Å². The molecule has 1 aromatic rings. The Morgan fingerprint density at radius 2 is 1.83 bits per heavy atom. The third-order valence-electron chi connectivity index (χ3n) is 5.66. The van der Waals surface area contributed by atoms with Gasteiger partial charge < -0.3 is 10.2 Å². The number of hydrogen-bond acceptors (Lipinski definition) is 2. The predicted molar refractivity (Wildman–Crippen MR) is 89.8 cm³/mol. The minimum absolute atomic E-state index is 0.234. The molecule has 0 unspecified atom stereocenters. The van der Waals surface area contributed by atoms with Crippen molar-refractivity contribution in [1.29, 1.82) is 0 Å². The zero-order chi connectivity index (χ0) is 16.3. The minimum Gasteiger partial charge on any atom is -0.342 e. The van der Waals surface area contributed by atoms with Crippen LogP contribution in [0.5, 0.6) is 0 Å². The molecule has 2 fully saturated rings. The van der Waals surface area contributed by atoms with Gasteiger partial charge in [0.1, 0.15) is 5.82 Å². The second-order valence-corrected chi connectivity index (χ2v) is 7.09. The molecule has 3 rings (SSSR count). The lowest BCUT2D eigenvalue weighted by Crippen LogP contribution is -2.49. The summed E-state index contributed by atoms with van der Waals surface area (Å²) >= 11 is 0. The van der Waals surface area contributed by atoms with Gasteiger partial charge in [-0.1, -0.05) is 25.0 Å². The van der Waals surface area contributed by atoms with E-state index in [-0.39, 0.29) is 11.7 Å². The van der Waals surface area contributed by atoms with Crippen molar-refractivity contribution in [3.63, 3.8) is 0 Å². The van der Waals surface area contributed by atoms with Gasteiger partial charge in [0, 0.05) is 13.1 Å². The van der Waals surface area contributed by atoms with Gasteiger partial charge in [-0.3, -0.25) is 4.79 Å². The van der Waals surface area contributed by atoms with E-state index in [2.05, 4.69) is 10.2 Å². The molecule has 0 atom stereocenters. The third kappa shape index (κ3) is 3.27. The number of halogens is 1. The molecule has 3 nitrogen and oxygen atoms in total. The van der Waals surface area contributed by atoms with Crippen LogP contribution in [0.4, 0.5) is 4.39 Å². The lowest BCUT2D eigenvalue weighted by atomic mass is 9.77. The highest BCUT2D eigenvalue weighted by Gasteiger charge is 2.45. The molecule has 0 bridgehead atoms. The molecule has 1 amide bonds. The average molecular weight is 318 g/mol. The van der Waals surface area contributed by atoms with Gasteiger partial charge in [-0.05, 0) is 62.9 Å². The molecule has 1 aliphatic heterocycles. The maximum atomic E-state index is 13.3. The van der Waals surface area contributed by atoms with Crippen LogP contribution < -0.4 is 5.32 Å². The second kappa shape index (κ2) is 7.00. The van der Waals surface area contributed by atoms with E-state index in [4.69, 9.17) is 0 Å². The van der Waals surface area contributed by atoms with E-state index in [1.165, 1.54) is 12.1 Å². The van der Waals surface area contributed by atoms with Gasteiger partial charge in [0.15, 0.2) is 0 Å². The Morgan fingerprint density at radius 1 is 1.22 bits per heavy atom. The standard InChI is InChI=1S/C19H27FN2O/c1-21-14-15-8-12-22(13-9-15)18(23)19(10-2-3-11-19)16-4-6-17(20)7-5-16/h4-7,15,21H,2-3,8-14H2,1H3. The van der Waals surface area contributed by atoms with Gasteiger partial charge in [-0.25, -0.2) is 4.39 Å². The Bertz CT molecular complexity index is 529. The van der Waals surface area contributed by atoms with Crippen LogP contribution in [-0.2, 0) is 10.2 Å². The van der Waals surface area contributed by atoms with Crippen LogP contribution in [0.3, 0.4) is 0 Å². The molecule has 1 heterocycles. The number of carbonyl (C=O) groups excluding carboxylic acids is 1. The molecule has 4 heteroatoms. The van der Waals surface area contributed by atoms with Gasteiger partial charge in [-0.15, -0.1) is 0 Å². The molecule has 0 radical (unpaired) electrons. The van der Waals surface area contributed by atoms with E-state index < -0.39 is 5.41 Å². The summed E-state index contributed by atoms with van der Waals surface area (Å²) in [7, 11) is 1.99. The average Bonchev–Trinajstić information content (AvgIpc) is 3.07. The third-order valence-corrected chi connectivity index (χ3v) is 5.66.